The number of aliphatic carboxylic acids is 1. The van der Waals surface area contributed by atoms with Gasteiger partial charge in [-0.2, -0.15) is 0 Å². The van der Waals surface area contributed by atoms with E-state index in [0.717, 1.165) is 16.5 Å². The van der Waals surface area contributed by atoms with Crippen molar-refractivity contribution in [3.05, 3.63) is 36.0 Å². The van der Waals surface area contributed by atoms with E-state index in [-0.39, 0.29) is 102 Å². The van der Waals surface area contributed by atoms with E-state index < -0.39 is 137 Å². The molecule has 0 unspecified atom stereocenters. The highest BCUT2D eigenvalue weighted by Gasteiger charge is 2.37. The predicted octanol–water partition coefficient (Wildman–Crippen LogP) is -4.75. The number of aromatic amines is 1. The molecular weight excluding hydrogens is 1200 g/mol. The highest BCUT2D eigenvalue weighted by molar-refractivity contribution is 5.99. The summed E-state index contributed by atoms with van der Waals surface area (Å²) in [7, 11) is 0. The summed E-state index contributed by atoms with van der Waals surface area (Å²) in [5, 5.41) is 75.3. The second-order valence-electron chi connectivity index (χ2n) is 23.2. The van der Waals surface area contributed by atoms with Crippen LogP contribution in [0.25, 0.3) is 10.9 Å². The van der Waals surface area contributed by atoms with Crippen molar-refractivity contribution >= 4 is 87.9 Å². The number of guanidine groups is 3. The molecule has 11 atom stereocenters. The fraction of sp³-hybridized carbons (Fsp3) is 0.638. The lowest BCUT2D eigenvalue weighted by molar-refractivity contribution is -0.142. The predicted molar refractivity (Wildman–Crippen MR) is 345 cm³/mol. The molecule has 0 saturated heterocycles. The minimum absolute atomic E-state index is 0.0205. The Morgan fingerprint density at radius 1 is 0.467 bits per heavy atom. The Labute approximate surface area is 535 Å². The van der Waals surface area contributed by atoms with Gasteiger partial charge in [0.2, 0.25) is 53.2 Å². The minimum Gasteiger partial charge on any atom is -0.480 e. The van der Waals surface area contributed by atoms with Gasteiger partial charge in [-0.3, -0.25) is 59.4 Å². The van der Waals surface area contributed by atoms with Gasteiger partial charge in [0, 0.05) is 36.7 Å². The van der Waals surface area contributed by atoms with Crippen LogP contribution >= 0.6 is 0 Å². The summed E-state index contributed by atoms with van der Waals surface area (Å²) in [5.74, 6) is -11.3. The molecule has 34 heteroatoms. The van der Waals surface area contributed by atoms with Crippen LogP contribution in [0.3, 0.4) is 0 Å². The number of nitrogens with two attached hydrogens (primary N) is 6. The molecule has 0 aliphatic rings. The first-order valence-corrected chi connectivity index (χ1v) is 31.0. The summed E-state index contributed by atoms with van der Waals surface area (Å²) in [6, 6.07) is -6.20. The van der Waals surface area contributed by atoms with Gasteiger partial charge in [-0.15, -0.1) is 0 Å². The molecule has 1 aromatic carbocycles. The summed E-state index contributed by atoms with van der Waals surface area (Å²) >= 11 is 0. The quantitative estimate of drug-likeness (QED) is 0.0168. The number of benzene rings is 1. The van der Waals surface area contributed by atoms with Crippen LogP contribution in [0.5, 0.6) is 0 Å². The lowest BCUT2D eigenvalue weighted by Crippen LogP contribution is -2.62. The van der Waals surface area contributed by atoms with Gasteiger partial charge >= 0.3 is 5.97 Å². The molecule has 1 heterocycles. The van der Waals surface area contributed by atoms with Gasteiger partial charge < -0.3 is 113 Å². The molecule has 0 bridgehead atoms. The van der Waals surface area contributed by atoms with Crippen molar-refractivity contribution in [1.82, 2.24) is 68.8 Å². The lowest BCUT2D eigenvalue weighted by Gasteiger charge is -2.29. The number of carboxylic acid groups (broad SMARTS) is 1. The van der Waals surface area contributed by atoms with Gasteiger partial charge in [-0.1, -0.05) is 45.9 Å². The Morgan fingerprint density at radius 2 is 0.826 bits per heavy atom. The number of carbonyl (C=O) groups is 10. The number of amides is 9. The Balaban J connectivity index is 2.33. The number of aliphatic hydroxyl groups is 1. The molecule has 0 spiro atoms. The van der Waals surface area contributed by atoms with Crippen molar-refractivity contribution in [1.29, 1.82) is 16.2 Å². The van der Waals surface area contributed by atoms with E-state index >= 15 is 0 Å². The third kappa shape index (κ3) is 28.9. The van der Waals surface area contributed by atoms with Crippen LogP contribution in [0.1, 0.15) is 124 Å². The molecule has 0 saturated carbocycles. The van der Waals surface area contributed by atoms with Crippen LogP contribution < -0.4 is 98.2 Å². The highest BCUT2D eigenvalue weighted by atomic mass is 16.4. The largest absolute Gasteiger partial charge is 0.480 e. The number of unbranched alkanes of at least 4 members (excludes halogenated alkanes) is 2. The zero-order valence-electron chi connectivity index (χ0n) is 53.6. The van der Waals surface area contributed by atoms with E-state index in [1.54, 1.807) is 33.9 Å². The van der Waals surface area contributed by atoms with Crippen LogP contribution in [0, 0.1) is 28.1 Å². The first-order chi connectivity index (χ1) is 43.4. The molecule has 0 fully saturated rings. The van der Waals surface area contributed by atoms with Crippen molar-refractivity contribution in [2.24, 2.45) is 46.2 Å². The molecule has 0 aliphatic carbocycles. The number of aromatic nitrogens is 1. The minimum atomic E-state index is -1.76. The number of H-pyrrole nitrogens is 1. The van der Waals surface area contributed by atoms with Crippen LogP contribution in [-0.4, -0.2) is 191 Å². The Kier molecular flexibility index (Phi) is 35.7. The normalized spacial score (nSPS) is 14.8. The number of carboxylic acids is 1. The molecule has 34 nitrogen and oxygen atoms in total. The van der Waals surface area contributed by atoms with Crippen molar-refractivity contribution in [2.45, 2.75) is 192 Å². The summed E-state index contributed by atoms with van der Waals surface area (Å²) in [6.45, 7) is 9.79. The third-order valence-electron chi connectivity index (χ3n) is 14.8. The highest BCUT2D eigenvalue weighted by Crippen LogP contribution is 2.19. The van der Waals surface area contributed by atoms with Crippen LogP contribution in [0.4, 0.5) is 0 Å². The van der Waals surface area contributed by atoms with E-state index in [2.05, 4.69) is 68.8 Å². The van der Waals surface area contributed by atoms with E-state index in [9.17, 15) is 58.2 Å². The summed E-state index contributed by atoms with van der Waals surface area (Å²) in [5.41, 5.74) is 35.6. The maximum atomic E-state index is 14.2. The smallest absolute Gasteiger partial charge is 0.326 e. The molecule has 9 amide bonds. The average molecular weight is 1300 g/mol. The molecule has 92 heavy (non-hydrogen) atoms. The van der Waals surface area contributed by atoms with E-state index in [1.807, 2.05) is 24.3 Å². The first-order valence-electron chi connectivity index (χ1n) is 31.0. The van der Waals surface area contributed by atoms with Gasteiger partial charge in [0.15, 0.2) is 17.9 Å². The number of carbonyl (C=O) groups excluding carboxylic acids is 9. The zero-order chi connectivity index (χ0) is 69.2. The molecule has 516 valence electrons. The number of hydrogen-bond acceptors (Lipinski definition) is 17. The van der Waals surface area contributed by atoms with Gasteiger partial charge in [0.1, 0.15) is 54.4 Å². The standard InChI is InChI=1S/C58H102N22O12/c1-30(2)43(52(88)72-32(5)46(82)73-38(18-9-11-23-59)50(86)78-44(31(3)4)53(89)76-40(21-14-26-69-57(64)65)49(85)77-42(55(91)92)19-10-12-24-60)79-54(90)45(33(6)81)80-51(87)41(22-15-27-70-58(66)67)75-48(84)39(20-13-25-68-56(62)63)74-47(83)36(61)28-34-29-71-37-17-8-7-16-35(34)37/h7-8,16-17,29-33,36,38-45,71,81H,9-15,18-28,59-61H2,1-6H3,(H,72,88)(H,73,82)(H,74,83)(H,75,84)(H,76,89)(H,77,85)(H,78,86)(H,79,90)(H,80,87)(H,91,92)(H4,62,63,68)(H4,64,65,69)(H4,66,67,70)/t32-,33+,36-,38-,39-,40-,41-,42-,43-,44-,45-/m0/s1. The fourth-order valence-electron chi connectivity index (χ4n) is 9.51. The van der Waals surface area contributed by atoms with Gasteiger partial charge in [0.25, 0.3) is 0 Å². The molecule has 2 aromatic rings. The molecule has 0 radical (unpaired) electrons. The van der Waals surface area contributed by atoms with Crippen LogP contribution in [0.2, 0.25) is 0 Å². The topological polar surface area (TPSA) is 599 Å². The lowest BCUT2D eigenvalue weighted by atomic mass is 10.00. The molecule has 0 aliphatic heterocycles. The number of para-hydroxylation sites is 1. The SMILES string of the molecule is CC(C)[C@H](NC(=O)[C@H](CCCCN)NC(=O)[C@H](C)NC(=O)[C@@H](NC(=O)[C@@H](NC(=O)[C@H](CCCNC(=N)N)NC(=O)[C@H](CCCNC(=N)N)NC(=O)[C@@H](N)Cc1c[nH]c2ccccc12)[C@@H](C)O)C(C)C)C(=O)N[C@@H](CCCNC(=N)N)C(=O)N[C@@H](CCCCN)C(=O)O. The number of nitrogens with one attached hydrogen (secondary N) is 16. The summed E-state index contributed by atoms with van der Waals surface area (Å²) in [6.07, 6.45) is 2.31. The van der Waals surface area contributed by atoms with Crippen LogP contribution in [0.15, 0.2) is 30.5 Å². The van der Waals surface area contributed by atoms with E-state index in [1.165, 1.54) is 13.8 Å². The monoisotopic (exact) mass is 1300 g/mol. The first kappa shape index (κ1) is 79.2. The molecule has 2 rings (SSSR count). The Morgan fingerprint density at radius 3 is 1.26 bits per heavy atom. The second-order valence-corrected chi connectivity index (χ2v) is 23.2. The van der Waals surface area contributed by atoms with Gasteiger partial charge in [-0.05, 0) is 134 Å². The molecule has 30 N–H and O–H groups in total. The van der Waals surface area contributed by atoms with Crippen molar-refractivity contribution in [2.75, 3.05) is 32.7 Å². The number of aliphatic hydroxyl groups excluding tert-OH is 1. The van der Waals surface area contributed by atoms with E-state index in [4.69, 9.17) is 50.6 Å². The Hall–Kier alpha value is -8.89. The molecular formula is C58H102N22O12. The zero-order valence-corrected chi connectivity index (χ0v) is 53.6. The summed E-state index contributed by atoms with van der Waals surface area (Å²) in [4.78, 5) is 141. The van der Waals surface area contributed by atoms with Crippen LogP contribution in [-0.2, 0) is 54.4 Å². The maximum Gasteiger partial charge on any atom is 0.326 e. The van der Waals surface area contributed by atoms with Gasteiger partial charge in [-0.25, -0.2) is 4.79 Å². The number of rotatable bonds is 44. The van der Waals surface area contributed by atoms with Crippen molar-refractivity contribution < 1.29 is 58.2 Å². The fourth-order valence-corrected chi connectivity index (χ4v) is 9.51. The van der Waals surface area contributed by atoms with Crippen molar-refractivity contribution in [3.63, 3.8) is 0 Å². The third-order valence-corrected chi connectivity index (χ3v) is 14.8. The molecule has 1 aromatic heterocycles. The second kappa shape index (κ2) is 41.5. The van der Waals surface area contributed by atoms with Gasteiger partial charge in [0.05, 0.1) is 12.1 Å². The average Bonchev–Trinajstić information content (AvgIpc) is 1.81. The van der Waals surface area contributed by atoms with Crippen molar-refractivity contribution in [3.8, 4) is 0 Å². The number of fused-ring (bicyclic) bond motifs is 1. The number of hydrogen-bond donors (Lipinski definition) is 24. The Bertz CT molecular complexity index is 2780. The summed E-state index contributed by atoms with van der Waals surface area (Å²) < 4.78 is 0. The van der Waals surface area contributed by atoms with E-state index in [0.29, 0.717) is 32.2 Å². The maximum absolute atomic E-state index is 14.2.